The van der Waals surface area contributed by atoms with Crippen LogP contribution in [0.4, 0.5) is 0 Å². The van der Waals surface area contributed by atoms with Gasteiger partial charge in [-0.05, 0) is 57.9 Å². The van der Waals surface area contributed by atoms with Crippen LogP contribution >= 0.6 is 0 Å². The normalized spacial score (nSPS) is 15.0. The van der Waals surface area contributed by atoms with Crippen LogP contribution in [0.5, 0.6) is 5.75 Å². The highest BCUT2D eigenvalue weighted by Crippen LogP contribution is 2.37. The maximum Gasteiger partial charge on any atom is 0.133 e. The summed E-state index contributed by atoms with van der Waals surface area (Å²) in [4.78, 5) is 0. The zero-order valence-corrected chi connectivity index (χ0v) is 17.2. The van der Waals surface area contributed by atoms with E-state index in [1.807, 2.05) is 82.3 Å². The fourth-order valence-corrected chi connectivity index (χ4v) is 3.07. The smallest absolute Gasteiger partial charge is 0.133 e. The summed E-state index contributed by atoms with van der Waals surface area (Å²) in [6.45, 7) is 10.1. The van der Waals surface area contributed by atoms with E-state index < -0.39 is 17.3 Å². The van der Waals surface area contributed by atoms with E-state index in [1.165, 1.54) is 0 Å². The lowest BCUT2D eigenvalue weighted by atomic mass is 9.87. The molecule has 0 radical (unpaired) electrons. The number of hydrogen-bond donors (Lipinski definition) is 1. The van der Waals surface area contributed by atoms with E-state index in [9.17, 15) is 0 Å². The van der Waals surface area contributed by atoms with Crippen molar-refractivity contribution in [3.8, 4) is 5.75 Å². The highest BCUT2D eigenvalue weighted by Gasteiger charge is 2.42. The van der Waals surface area contributed by atoms with E-state index in [0.29, 0.717) is 12.3 Å². The molecule has 0 amide bonds. The van der Waals surface area contributed by atoms with Gasteiger partial charge in [0.1, 0.15) is 17.5 Å². The van der Waals surface area contributed by atoms with Crippen molar-refractivity contribution in [2.75, 3.05) is 7.11 Å². The zero-order chi connectivity index (χ0) is 20.1. The van der Waals surface area contributed by atoms with Crippen LogP contribution in [0, 0.1) is 5.41 Å². The molecule has 146 valence electrons. The monoisotopic (exact) mass is 369 g/mol. The first-order chi connectivity index (χ1) is 12.7. The van der Waals surface area contributed by atoms with E-state index >= 15 is 0 Å². The minimum Gasteiger partial charge on any atom is -0.497 e. The number of hydrogen-bond acceptors (Lipinski definition) is 4. The molecule has 0 aliphatic rings. The summed E-state index contributed by atoms with van der Waals surface area (Å²) in [6, 6.07) is 17.8. The number of methoxy groups -OCH3 is 1. The molecule has 0 spiro atoms. The van der Waals surface area contributed by atoms with Gasteiger partial charge in [0.25, 0.3) is 0 Å². The molecule has 2 rings (SSSR count). The Kier molecular flexibility index (Phi) is 6.79. The molecule has 4 nitrogen and oxygen atoms in total. The molecular weight excluding hydrogens is 338 g/mol. The third kappa shape index (κ3) is 5.65. The van der Waals surface area contributed by atoms with E-state index in [-0.39, 0.29) is 0 Å². The van der Waals surface area contributed by atoms with Crippen molar-refractivity contribution in [2.24, 2.45) is 0 Å². The summed E-state index contributed by atoms with van der Waals surface area (Å²) in [7, 11) is 1.65. The Hall–Kier alpha value is -2.17. The third-order valence-corrected chi connectivity index (χ3v) is 4.44. The van der Waals surface area contributed by atoms with Gasteiger partial charge in [-0.1, -0.05) is 42.5 Å². The van der Waals surface area contributed by atoms with Crippen molar-refractivity contribution in [1.29, 1.82) is 5.41 Å². The van der Waals surface area contributed by atoms with Crippen LogP contribution < -0.4 is 4.74 Å². The van der Waals surface area contributed by atoms with Crippen molar-refractivity contribution >= 4 is 5.71 Å². The molecule has 0 unspecified atom stereocenters. The summed E-state index contributed by atoms with van der Waals surface area (Å²) >= 11 is 0. The van der Waals surface area contributed by atoms with E-state index in [2.05, 4.69) is 0 Å². The lowest BCUT2D eigenvalue weighted by Gasteiger charge is -2.42. The number of nitrogens with one attached hydrogen (secondary N) is 1. The lowest BCUT2D eigenvalue weighted by Crippen LogP contribution is -2.48. The second kappa shape index (κ2) is 8.68. The first kappa shape index (κ1) is 21.1. The standard InChI is InChI=1S/C23H31NO3/c1-17(24)23(5,27-22(2,3)4)21(19-10-8-7-9-11-19)26-16-18-12-14-20(25-6)15-13-18/h7-15,21,24H,16H2,1-6H3/t21-,23+/m0/s1. The fraction of sp³-hybridized carbons (Fsp3) is 0.435. The molecule has 0 saturated heterocycles. The molecule has 0 bridgehead atoms. The van der Waals surface area contributed by atoms with Gasteiger partial charge in [-0.15, -0.1) is 0 Å². The molecule has 0 aliphatic carbocycles. The van der Waals surface area contributed by atoms with Crippen LogP contribution in [0.1, 0.15) is 51.8 Å². The molecule has 2 aromatic rings. The molecule has 0 saturated carbocycles. The molecule has 2 atom stereocenters. The average Bonchev–Trinajstić information content (AvgIpc) is 2.61. The quantitative estimate of drug-likeness (QED) is 0.619. The van der Waals surface area contributed by atoms with Crippen LogP contribution in [-0.2, 0) is 16.1 Å². The summed E-state index contributed by atoms with van der Waals surface area (Å²) < 4.78 is 17.9. The first-order valence-electron chi connectivity index (χ1n) is 9.21. The molecular formula is C23H31NO3. The van der Waals surface area contributed by atoms with Crippen LogP contribution in [-0.4, -0.2) is 24.0 Å². The van der Waals surface area contributed by atoms with Crippen LogP contribution in [0.15, 0.2) is 54.6 Å². The Balaban J connectivity index is 2.33. The topological polar surface area (TPSA) is 51.5 Å². The summed E-state index contributed by atoms with van der Waals surface area (Å²) in [6.07, 6.45) is -0.405. The Labute approximate surface area is 163 Å². The Morgan fingerprint density at radius 1 is 0.963 bits per heavy atom. The van der Waals surface area contributed by atoms with Gasteiger partial charge in [0, 0.05) is 5.71 Å². The molecule has 27 heavy (non-hydrogen) atoms. The van der Waals surface area contributed by atoms with E-state index in [4.69, 9.17) is 19.6 Å². The Bertz CT molecular complexity index is 734. The van der Waals surface area contributed by atoms with Crippen molar-refractivity contribution < 1.29 is 14.2 Å². The number of benzene rings is 2. The van der Waals surface area contributed by atoms with Crippen molar-refractivity contribution in [1.82, 2.24) is 0 Å². The SMILES string of the molecule is COc1ccc(CO[C@@H](c2ccccc2)[C@](C)(OC(C)(C)C)C(C)=N)cc1. The van der Waals surface area contributed by atoms with Crippen molar-refractivity contribution in [3.63, 3.8) is 0 Å². The molecule has 2 aromatic carbocycles. The van der Waals surface area contributed by atoms with Crippen molar-refractivity contribution in [3.05, 3.63) is 65.7 Å². The zero-order valence-electron chi connectivity index (χ0n) is 17.2. The van der Waals surface area contributed by atoms with Gasteiger partial charge in [0.2, 0.25) is 0 Å². The van der Waals surface area contributed by atoms with Crippen molar-refractivity contribution in [2.45, 2.75) is 58.5 Å². The predicted molar refractivity (Wildman–Crippen MR) is 110 cm³/mol. The highest BCUT2D eigenvalue weighted by atomic mass is 16.6. The maximum absolute atomic E-state index is 8.42. The lowest BCUT2D eigenvalue weighted by molar-refractivity contribution is -0.159. The fourth-order valence-electron chi connectivity index (χ4n) is 3.07. The molecule has 0 aliphatic heterocycles. The summed E-state index contributed by atoms with van der Waals surface area (Å²) in [5.41, 5.74) is 1.17. The van der Waals surface area contributed by atoms with Gasteiger partial charge < -0.3 is 19.6 Å². The Morgan fingerprint density at radius 3 is 2.04 bits per heavy atom. The van der Waals surface area contributed by atoms with Gasteiger partial charge in [-0.2, -0.15) is 0 Å². The third-order valence-electron chi connectivity index (χ3n) is 4.44. The van der Waals surface area contributed by atoms with Gasteiger partial charge in [0.15, 0.2) is 0 Å². The molecule has 1 N–H and O–H groups in total. The van der Waals surface area contributed by atoms with Gasteiger partial charge in [0.05, 0.1) is 19.3 Å². The second-order valence-corrected chi connectivity index (χ2v) is 7.90. The molecule has 0 heterocycles. The van der Waals surface area contributed by atoms with Crippen LogP contribution in [0.25, 0.3) is 0 Å². The maximum atomic E-state index is 8.42. The predicted octanol–water partition coefficient (Wildman–Crippen LogP) is 5.57. The van der Waals surface area contributed by atoms with E-state index in [0.717, 1.165) is 16.9 Å². The van der Waals surface area contributed by atoms with Gasteiger partial charge >= 0.3 is 0 Å². The second-order valence-electron chi connectivity index (χ2n) is 7.90. The molecule has 0 aromatic heterocycles. The van der Waals surface area contributed by atoms with Crippen LogP contribution in [0.3, 0.4) is 0 Å². The average molecular weight is 370 g/mol. The van der Waals surface area contributed by atoms with Gasteiger partial charge in [-0.25, -0.2) is 0 Å². The Morgan fingerprint density at radius 2 is 1.56 bits per heavy atom. The molecule has 0 fully saturated rings. The minimum atomic E-state index is -0.883. The summed E-state index contributed by atoms with van der Waals surface area (Å²) in [5.74, 6) is 0.814. The molecule has 4 heteroatoms. The first-order valence-corrected chi connectivity index (χ1v) is 9.21. The van der Waals surface area contributed by atoms with Gasteiger partial charge in [-0.3, -0.25) is 0 Å². The largest absolute Gasteiger partial charge is 0.497 e. The minimum absolute atomic E-state index is 0.405. The highest BCUT2D eigenvalue weighted by molar-refractivity contribution is 5.88. The van der Waals surface area contributed by atoms with E-state index in [1.54, 1.807) is 14.0 Å². The summed E-state index contributed by atoms with van der Waals surface area (Å²) in [5, 5.41) is 8.42. The van der Waals surface area contributed by atoms with Crippen LogP contribution in [0.2, 0.25) is 0 Å². The number of rotatable bonds is 8. The number of ether oxygens (including phenoxy) is 3.